The number of benzene rings is 1. The van der Waals surface area contributed by atoms with E-state index in [0.717, 1.165) is 10.4 Å². The molecule has 0 amide bonds. The van der Waals surface area contributed by atoms with Gasteiger partial charge in [-0.3, -0.25) is 4.72 Å². The summed E-state index contributed by atoms with van der Waals surface area (Å²) >= 11 is 7.34. The average molecular weight is 383 g/mol. The summed E-state index contributed by atoms with van der Waals surface area (Å²) in [7, 11) is -3.79. The zero-order valence-corrected chi connectivity index (χ0v) is 15.6. The summed E-state index contributed by atoms with van der Waals surface area (Å²) in [5, 5.41) is 4.24. The maximum Gasteiger partial charge on any atom is 0.263 e. The number of aromatic nitrogens is 1. The van der Waals surface area contributed by atoms with Crippen LogP contribution in [0.15, 0.2) is 39.9 Å². The highest BCUT2D eigenvalue weighted by Gasteiger charge is 2.28. The van der Waals surface area contributed by atoms with Gasteiger partial charge in [-0.2, -0.15) is 0 Å². The molecule has 2 heterocycles. The lowest BCUT2D eigenvalue weighted by molar-refractivity contribution is 0.431. The number of aryl methyl sites for hydroxylation is 3. The smallest absolute Gasteiger partial charge is 0.263 e. The second-order valence-corrected chi connectivity index (χ2v) is 8.84. The van der Waals surface area contributed by atoms with Gasteiger partial charge in [-0.25, -0.2) is 8.42 Å². The molecule has 0 unspecified atom stereocenters. The Hall–Kier alpha value is -1.83. The molecule has 0 aliphatic heterocycles. The normalized spacial score (nSPS) is 11.7. The summed E-state index contributed by atoms with van der Waals surface area (Å²) in [4.78, 5) is 1.77. The molecule has 0 fully saturated rings. The van der Waals surface area contributed by atoms with Gasteiger partial charge in [0, 0.05) is 20.8 Å². The molecule has 0 radical (unpaired) electrons. The fourth-order valence-electron chi connectivity index (χ4n) is 2.55. The van der Waals surface area contributed by atoms with Crippen molar-refractivity contribution < 1.29 is 12.9 Å². The Morgan fingerprint density at radius 2 is 1.92 bits per heavy atom. The molecular formula is C16H15ClN2O3S2. The van der Waals surface area contributed by atoms with Gasteiger partial charge in [0.15, 0.2) is 5.76 Å². The molecule has 3 rings (SSSR count). The van der Waals surface area contributed by atoms with E-state index in [-0.39, 0.29) is 4.90 Å². The van der Waals surface area contributed by atoms with Gasteiger partial charge in [-0.15, -0.1) is 11.3 Å². The first kappa shape index (κ1) is 17.0. The Bertz CT molecular complexity index is 993. The molecule has 0 saturated carbocycles. The van der Waals surface area contributed by atoms with Crippen LogP contribution in [0.5, 0.6) is 0 Å². The van der Waals surface area contributed by atoms with Gasteiger partial charge >= 0.3 is 0 Å². The van der Waals surface area contributed by atoms with Gasteiger partial charge in [-0.1, -0.05) is 16.8 Å². The van der Waals surface area contributed by atoms with Crippen LogP contribution in [-0.4, -0.2) is 13.6 Å². The van der Waals surface area contributed by atoms with Gasteiger partial charge in [0.1, 0.15) is 4.90 Å². The van der Waals surface area contributed by atoms with E-state index in [1.807, 2.05) is 6.92 Å². The number of nitrogens with one attached hydrogen (secondary N) is 1. The van der Waals surface area contributed by atoms with Crippen LogP contribution in [0.4, 0.5) is 5.69 Å². The van der Waals surface area contributed by atoms with E-state index >= 15 is 0 Å². The molecular weight excluding hydrogens is 368 g/mol. The van der Waals surface area contributed by atoms with Crippen molar-refractivity contribution in [3.8, 4) is 11.3 Å². The molecule has 1 N–H and O–H groups in total. The third-order valence-electron chi connectivity index (χ3n) is 3.59. The fourth-order valence-corrected chi connectivity index (χ4v) is 5.78. The monoisotopic (exact) mass is 382 g/mol. The van der Waals surface area contributed by atoms with Crippen molar-refractivity contribution in [3.63, 3.8) is 0 Å². The first-order chi connectivity index (χ1) is 11.3. The van der Waals surface area contributed by atoms with Crippen LogP contribution in [0.2, 0.25) is 5.02 Å². The molecule has 0 atom stereocenters. The van der Waals surface area contributed by atoms with Crippen LogP contribution >= 0.6 is 22.9 Å². The minimum atomic E-state index is -3.79. The third-order valence-corrected chi connectivity index (χ3v) is 6.51. The largest absolute Gasteiger partial charge is 0.356 e. The first-order valence-corrected chi connectivity index (χ1v) is 9.77. The van der Waals surface area contributed by atoms with Crippen LogP contribution in [0.25, 0.3) is 11.3 Å². The van der Waals surface area contributed by atoms with Crippen molar-refractivity contribution in [2.45, 2.75) is 25.7 Å². The van der Waals surface area contributed by atoms with Crippen molar-refractivity contribution in [1.82, 2.24) is 5.16 Å². The van der Waals surface area contributed by atoms with E-state index < -0.39 is 10.0 Å². The van der Waals surface area contributed by atoms with Gasteiger partial charge in [-0.05, 0) is 44.5 Å². The topological polar surface area (TPSA) is 72.2 Å². The Balaban J connectivity index is 2.11. The number of halogens is 1. The second kappa shape index (κ2) is 6.23. The Morgan fingerprint density at radius 1 is 1.17 bits per heavy atom. The van der Waals surface area contributed by atoms with E-state index in [9.17, 15) is 8.42 Å². The highest BCUT2D eigenvalue weighted by molar-refractivity contribution is 7.93. The Labute approximate surface area is 149 Å². The number of thiophene rings is 1. The van der Waals surface area contributed by atoms with Gasteiger partial charge in [0.05, 0.1) is 17.4 Å². The zero-order chi connectivity index (χ0) is 17.5. The van der Waals surface area contributed by atoms with Gasteiger partial charge < -0.3 is 4.52 Å². The van der Waals surface area contributed by atoms with Crippen molar-refractivity contribution in [2.75, 3.05) is 4.72 Å². The van der Waals surface area contributed by atoms with Gasteiger partial charge in [0.25, 0.3) is 10.0 Å². The summed E-state index contributed by atoms with van der Waals surface area (Å²) in [6.07, 6.45) is 1.49. The highest BCUT2D eigenvalue weighted by atomic mass is 35.5. The van der Waals surface area contributed by atoms with Crippen molar-refractivity contribution in [3.05, 3.63) is 50.8 Å². The van der Waals surface area contributed by atoms with Crippen LogP contribution in [0.3, 0.4) is 0 Å². The lowest BCUT2D eigenvalue weighted by Crippen LogP contribution is -2.15. The van der Waals surface area contributed by atoms with E-state index in [1.165, 1.54) is 17.5 Å². The Kier molecular flexibility index (Phi) is 4.42. The maximum absolute atomic E-state index is 13.0. The predicted molar refractivity (Wildman–Crippen MR) is 96.3 cm³/mol. The number of nitrogens with zero attached hydrogens (tertiary/aromatic N) is 1. The van der Waals surface area contributed by atoms with Crippen LogP contribution in [0, 0.1) is 20.8 Å². The van der Waals surface area contributed by atoms with Crippen molar-refractivity contribution in [2.24, 2.45) is 0 Å². The Morgan fingerprint density at radius 3 is 2.54 bits per heavy atom. The molecule has 0 aliphatic rings. The molecule has 0 bridgehead atoms. The summed E-state index contributed by atoms with van der Waals surface area (Å²) in [5.41, 5.74) is 1.79. The summed E-state index contributed by atoms with van der Waals surface area (Å²) in [6.45, 7) is 5.44. The van der Waals surface area contributed by atoms with E-state index in [1.54, 1.807) is 38.1 Å². The standard InChI is InChI=1S/C16H15ClN2O3S2/c1-9-8-12(17)4-5-13(9)19-24(20,21)16-11(3)23-10(2)15(16)14-6-7-18-22-14/h4-8,19H,1-3H3. The number of rotatable bonds is 4. The summed E-state index contributed by atoms with van der Waals surface area (Å²) in [6, 6.07) is 6.66. The number of hydrogen-bond donors (Lipinski definition) is 1. The molecule has 0 spiro atoms. The molecule has 8 heteroatoms. The number of hydrogen-bond acceptors (Lipinski definition) is 5. The molecule has 1 aromatic carbocycles. The minimum Gasteiger partial charge on any atom is -0.356 e. The molecule has 3 aromatic rings. The number of sulfonamides is 1. The lowest BCUT2D eigenvalue weighted by atomic mass is 10.2. The quantitative estimate of drug-likeness (QED) is 0.704. The predicted octanol–water partition coefficient (Wildman–Crippen LogP) is 4.78. The fraction of sp³-hybridized carbons (Fsp3) is 0.188. The molecule has 0 aliphatic carbocycles. The summed E-state index contributed by atoms with van der Waals surface area (Å²) in [5.74, 6) is 0.435. The SMILES string of the molecule is Cc1cc(Cl)ccc1NS(=O)(=O)c1c(C)sc(C)c1-c1ccno1. The van der Waals surface area contributed by atoms with Crippen LogP contribution in [-0.2, 0) is 10.0 Å². The van der Waals surface area contributed by atoms with Crippen molar-refractivity contribution in [1.29, 1.82) is 0 Å². The second-order valence-electron chi connectivity index (χ2n) is 5.36. The lowest BCUT2D eigenvalue weighted by Gasteiger charge is -2.12. The van der Waals surface area contributed by atoms with Crippen LogP contribution in [0.1, 0.15) is 15.3 Å². The highest BCUT2D eigenvalue weighted by Crippen LogP contribution is 2.39. The van der Waals surface area contributed by atoms with Crippen LogP contribution < -0.4 is 4.72 Å². The molecule has 24 heavy (non-hydrogen) atoms. The van der Waals surface area contributed by atoms with E-state index in [0.29, 0.717) is 26.9 Å². The minimum absolute atomic E-state index is 0.219. The zero-order valence-electron chi connectivity index (χ0n) is 13.3. The molecule has 126 valence electrons. The molecule has 0 saturated heterocycles. The third kappa shape index (κ3) is 3.07. The molecule has 5 nitrogen and oxygen atoms in total. The van der Waals surface area contributed by atoms with E-state index in [2.05, 4.69) is 9.88 Å². The number of anilines is 1. The average Bonchev–Trinajstić information content (AvgIpc) is 3.09. The van der Waals surface area contributed by atoms with E-state index in [4.69, 9.17) is 16.1 Å². The maximum atomic E-state index is 13.0. The van der Waals surface area contributed by atoms with Gasteiger partial charge in [0.2, 0.25) is 0 Å². The molecule has 2 aromatic heterocycles. The summed E-state index contributed by atoms with van der Waals surface area (Å²) < 4.78 is 33.8. The van der Waals surface area contributed by atoms with Crippen molar-refractivity contribution >= 4 is 38.6 Å². The first-order valence-electron chi connectivity index (χ1n) is 7.09.